The summed E-state index contributed by atoms with van der Waals surface area (Å²) < 4.78 is 19.3. The number of aliphatic carboxylic acids is 1. The molecule has 1 aromatic carbocycles. The highest BCUT2D eigenvalue weighted by Crippen LogP contribution is 2.26. The number of halogens is 2. The van der Waals surface area contributed by atoms with Gasteiger partial charge >= 0.3 is 5.97 Å². The van der Waals surface area contributed by atoms with Gasteiger partial charge in [0.2, 0.25) is 0 Å². The number of benzene rings is 1. The number of ether oxygens (including phenoxy) is 1. The quantitative estimate of drug-likeness (QED) is 0.900. The third kappa shape index (κ3) is 4.18. The lowest BCUT2D eigenvalue weighted by Gasteiger charge is -2.17. The maximum atomic E-state index is 13.2. The van der Waals surface area contributed by atoms with Crippen LogP contribution in [0.3, 0.4) is 0 Å². The lowest BCUT2D eigenvalue weighted by molar-refractivity contribution is -0.139. The Morgan fingerprint density at radius 1 is 1.58 bits per heavy atom. The molecule has 0 radical (unpaired) electrons. The van der Waals surface area contributed by atoms with Gasteiger partial charge in [0.05, 0.1) is 0 Å². The topological polar surface area (TPSA) is 49.8 Å². The van der Waals surface area contributed by atoms with Gasteiger partial charge in [-0.2, -0.15) is 0 Å². The molecule has 1 atom stereocenters. The number of carboxylic acids is 1. The highest BCUT2D eigenvalue weighted by atomic mass is 79.9. The molecule has 1 N–H and O–H groups in total. The van der Waals surface area contributed by atoms with Crippen LogP contribution in [-0.4, -0.2) is 41.8 Å². The van der Waals surface area contributed by atoms with Crippen LogP contribution < -0.4 is 4.74 Å². The van der Waals surface area contributed by atoms with E-state index in [9.17, 15) is 9.18 Å². The number of carbonyl (C=O) groups is 1. The minimum absolute atomic E-state index is 0.375. The highest BCUT2D eigenvalue weighted by Gasteiger charge is 2.22. The van der Waals surface area contributed by atoms with Crippen LogP contribution >= 0.6 is 15.9 Å². The zero-order valence-electron chi connectivity index (χ0n) is 10.3. The molecule has 1 aromatic rings. The van der Waals surface area contributed by atoms with Crippen LogP contribution in [0.4, 0.5) is 4.39 Å². The van der Waals surface area contributed by atoms with Crippen LogP contribution in [0.2, 0.25) is 0 Å². The Labute approximate surface area is 119 Å². The lowest BCUT2D eigenvalue weighted by atomic mass is 10.2. The third-order valence-electron chi connectivity index (χ3n) is 2.98. The zero-order chi connectivity index (χ0) is 13.8. The molecule has 1 unspecified atom stereocenters. The summed E-state index contributed by atoms with van der Waals surface area (Å²) in [6, 6.07) is 5.40. The van der Waals surface area contributed by atoms with Crippen molar-refractivity contribution < 1.29 is 19.0 Å². The minimum atomic E-state index is -1.01. The number of nitrogens with zero attached hydrogens (tertiary/aromatic N) is 1. The van der Waals surface area contributed by atoms with Gasteiger partial charge in [-0.3, -0.25) is 4.90 Å². The fraction of sp³-hybridized carbons (Fsp3) is 0.462. The molecule has 0 spiro atoms. The average Bonchev–Trinajstić information content (AvgIpc) is 2.73. The predicted molar refractivity (Wildman–Crippen MR) is 72.1 cm³/mol. The Morgan fingerprint density at radius 3 is 3.00 bits per heavy atom. The summed E-state index contributed by atoms with van der Waals surface area (Å²) in [6.07, 6.45) is -0.213. The number of rotatable bonds is 5. The molecule has 1 aliphatic heterocycles. The Morgan fingerprint density at radius 2 is 2.37 bits per heavy atom. The molecular formula is C13H15BrFNO3. The number of carboxylic acid groups (broad SMARTS) is 1. The molecule has 0 aliphatic carbocycles. The second-order valence-corrected chi connectivity index (χ2v) is 5.47. The van der Waals surface area contributed by atoms with Gasteiger partial charge in [0.15, 0.2) is 6.61 Å². The second kappa shape index (κ2) is 6.34. The summed E-state index contributed by atoms with van der Waals surface area (Å²) >= 11 is 3.37. The van der Waals surface area contributed by atoms with Crippen LogP contribution in [0.1, 0.15) is 12.0 Å². The molecule has 4 nitrogen and oxygen atoms in total. The van der Waals surface area contributed by atoms with Crippen molar-refractivity contribution in [3.63, 3.8) is 0 Å². The molecule has 19 heavy (non-hydrogen) atoms. The van der Waals surface area contributed by atoms with E-state index in [1.54, 1.807) is 12.1 Å². The minimum Gasteiger partial charge on any atom is -0.482 e. The molecule has 104 valence electrons. The van der Waals surface area contributed by atoms with Gasteiger partial charge in [-0.25, -0.2) is 9.18 Å². The van der Waals surface area contributed by atoms with Crippen molar-refractivity contribution in [2.24, 2.45) is 0 Å². The first-order valence-electron chi connectivity index (χ1n) is 6.04. The Bertz CT molecular complexity index is 469. The number of alkyl halides is 1. The molecule has 0 saturated carbocycles. The van der Waals surface area contributed by atoms with E-state index in [2.05, 4.69) is 15.9 Å². The van der Waals surface area contributed by atoms with E-state index < -0.39 is 12.1 Å². The summed E-state index contributed by atoms with van der Waals surface area (Å²) in [5, 5.41) is 8.64. The normalized spacial score (nSPS) is 19.6. The summed E-state index contributed by atoms with van der Waals surface area (Å²) in [6.45, 7) is 1.33. The van der Waals surface area contributed by atoms with Gasteiger partial charge in [0.25, 0.3) is 0 Å². The van der Waals surface area contributed by atoms with Crippen LogP contribution in [0.15, 0.2) is 22.7 Å². The first-order chi connectivity index (χ1) is 9.04. The molecule has 6 heteroatoms. The van der Waals surface area contributed by atoms with Crippen LogP contribution in [0.5, 0.6) is 5.75 Å². The molecule has 0 aromatic heterocycles. The monoisotopic (exact) mass is 331 g/mol. The second-order valence-electron chi connectivity index (χ2n) is 4.56. The van der Waals surface area contributed by atoms with E-state index in [-0.39, 0.29) is 6.61 Å². The SMILES string of the molecule is O=C(O)COc1ccc(Br)cc1CN1CCC(F)C1. The molecule has 2 rings (SSSR count). The first kappa shape index (κ1) is 14.3. The summed E-state index contributed by atoms with van der Waals surface area (Å²) in [7, 11) is 0. The van der Waals surface area contributed by atoms with E-state index in [0.717, 1.165) is 10.0 Å². The average molecular weight is 332 g/mol. The number of hydrogen-bond acceptors (Lipinski definition) is 3. The van der Waals surface area contributed by atoms with Crippen molar-refractivity contribution in [2.45, 2.75) is 19.1 Å². The van der Waals surface area contributed by atoms with Gasteiger partial charge in [-0.15, -0.1) is 0 Å². The molecule has 1 fully saturated rings. The van der Waals surface area contributed by atoms with Crippen molar-refractivity contribution in [3.8, 4) is 5.75 Å². The van der Waals surface area contributed by atoms with Crippen molar-refractivity contribution in [1.82, 2.24) is 4.90 Å². The molecular weight excluding hydrogens is 317 g/mol. The van der Waals surface area contributed by atoms with Gasteiger partial charge in [0.1, 0.15) is 11.9 Å². The third-order valence-corrected chi connectivity index (χ3v) is 3.48. The fourth-order valence-corrected chi connectivity index (χ4v) is 2.53. The van der Waals surface area contributed by atoms with Crippen LogP contribution in [0.25, 0.3) is 0 Å². The Balaban J connectivity index is 2.08. The van der Waals surface area contributed by atoms with Crippen LogP contribution in [-0.2, 0) is 11.3 Å². The largest absolute Gasteiger partial charge is 0.482 e. The van der Waals surface area contributed by atoms with Crippen molar-refractivity contribution in [2.75, 3.05) is 19.7 Å². The van der Waals surface area contributed by atoms with Gasteiger partial charge in [-0.05, 0) is 24.6 Å². The number of likely N-dealkylation sites (tertiary alicyclic amines) is 1. The molecule has 0 bridgehead atoms. The van der Waals surface area contributed by atoms with Gasteiger partial charge in [0, 0.05) is 29.7 Å². The molecule has 0 amide bonds. The molecule has 1 saturated heterocycles. The summed E-state index contributed by atoms with van der Waals surface area (Å²) in [4.78, 5) is 12.5. The highest BCUT2D eigenvalue weighted by molar-refractivity contribution is 9.10. The molecule has 1 aliphatic rings. The Hall–Kier alpha value is -1.14. The standard InChI is InChI=1S/C13H15BrFNO3/c14-10-1-2-12(19-8-13(17)18)9(5-10)6-16-4-3-11(15)7-16/h1-2,5,11H,3-4,6-8H2,(H,17,18). The first-order valence-corrected chi connectivity index (χ1v) is 6.83. The summed E-state index contributed by atoms with van der Waals surface area (Å²) in [5.74, 6) is -0.480. The van der Waals surface area contributed by atoms with Crippen LogP contribution in [0, 0.1) is 0 Å². The summed E-state index contributed by atoms with van der Waals surface area (Å²) in [5.41, 5.74) is 0.865. The zero-order valence-corrected chi connectivity index (χ0v) is 11.9. The maximum Gasteiger partial charge on any atom is 0.341 e. The number of hydrogen-bond donors (Lipinski definition) is 1. The van der Waals surface area contributed by atoms with E-state index in [4.69, 9.17) is 9.84 Å². The van der Waals surface area contributed by atoms with Gasteiger partial charge < -0.3 is 9.84 Å². The lowest BCUT2D eigenvalue weighted by Crippen LogP contribution is -2.21. The smallest absolute Gasteiger partial charge is 0.341 e. The Kier molecular flexibility index (Phi) is 4.76. The van der Waals surface area contributed by atoms with Gasteiger partial charge in [-0.1, -0.05) is 15.9 Å². The van der Waals surface area contributed by atoms with Crippen molar-refractivity contribution in [1.29, 1.82) is 0 Å². The van der Waals surface area contributed by atoms with E-state index in [0.29, 0.717) is 31.8 Å². The maximum absolute atomic E-state index is 13.2. The van der Waals surface area contributed by atoms with E-state index >= 15 is 0 Å². The van der Waals surface area contributed by atoms with Crippen molar-refractivity contribution in [3.05, 3.63) is 28.2 Å². The molecule has 1 heterocycles. The predicted octanol–water partition coefficient (Wildman–Crippen LogP) is 2.46. The fourth-order valence-electron chi connectivity index (χ4n) is 2.12. The van der Waals surface area contributed by atoms with Crippen molar-refractivity contribution >= 4 is 21.9 Å². The van der Waals surface area contributed by atoms with E-state index in [1.165, 1.54) is 0 Å². The van der Waals surface area contributed by atoms with E-state index in [1.807, 2.05) is 11.0 Å².